The van der Waals surface area contributed by atoms with Crippen LogP contribution in [0.1, 0.15) is 36.1 Å². The molecule has 0 radical (unpaired) electrons. The molecule has 0 saturated carbocycles. The number of amides is 2. The first kappa shape index (κ1) is 28.9. The molecular formula is C30H36N4O3S3. The number of hydrogen-bond donors (Lipinski definition) is 1. The molecule has 3 aromatic rings. The quantitative estimate of drug-likeness (QED) is 0.311. The van der Waals surface area contributed by atoms with Gasteiger partial charge in [0.2, 0.25) is 11.8 Å². The summed E-state index contributed by atoms with van der Waals surface area (Å²) in [6, 6.07) is 14.7. The standard InChI is InChI=1S/C30H36N4O3S3/c1-21(35)33-12-8-31(9-13-33)19-25-17-24(29-27(30(38)40-39-29)16-23-6-4-3-5-7-23)18-26(28(25)37)20-32-10-14-34(15-11-32)22(2)36/h3-7,17-18,37H,8-16,19-20H2,1-2H3. The number of rotatable bonds is 7. The van der Waals surface area contributed by atoms with E-state index in [1.807, 2.05) is 15.9 Å². The predicted molar refractivity (Wildman–Crippen MR) is 164 cm³/mol. The Balaban J connectivity index is 1.45. The van der Waals surface area contributed by atoms with E-state index in [9.17, 15) is 14.7 Å². The number of carbonyl (C=O) groups is 2. The molecule has 212 valence electrons. The van der Waals surface area contributed by atoms with Crippen molar-refractivity contribution in [2.75, 3.05) is 52.4 Å². The summed E-state index contributed by atoms with van der Waals surface area (Å²) < 4.78 is 0.917. The van der Waals surface area contributed by atoms with Crippen LogP contribution in [0.25, 0.3) is 10.4 Å². The van der Waals surface area contributed by atoms with Crippen molar-refractivity contribution in [3.05, 3.63) is 68.5 Å². The van der Waals surface area contributed by atoms with Gasteiger partial charge in [0, 0.05) is 102 Å². The summed E-state index contributed by atoms with van der Waals surface area (Å²) >= 11 is 5.79. The lowest BCUT2D eigenvalue weighted by Crippen LogP contribution is -2.47. The van der Waals surface area contributed by atoms with E-state index >= 15 is 0 Å². The summed E-state index contributed by atoms with van der Waals surface area (Å²) in [6.07, 6.45) is 0.778. The number of benzene rings is 2. The van der Waals surface area contributed by atoms with E-state index in [1.165, 1.54) is 16.0 Å². The van der Waals surface area contributed by atoms with Crippen molar-refractivity contribution >= 4 is 44.7 Å². The van der Waals surface area contributed by atoms with Gasteiger partial charge in [-0.2, -0.15) is 0 Å². The molecule has 3 heterocycles. The molecule has 7 nitrogen and oxygen atoms in total. The smallest absolute Gasteiger partial charge is 0.219 e. The first-order valence-corrected chi connectivity index (χ1v) is 16.3. The highest BCUT2D eigenvalue weighted by molar-refractivity contribution is 7.80. The molecule has 0 spiro atoms. The van der Waals surface area contributed by atoms with Crippen molar-refractivity contribution in [1.29, 1.82) is 0 Å². The monoisotopic (exact) mass is 596 g/mol. The van der Waals surface area contributed by atoms with Gasteiger partial charge in [-0.05, 0) is 23.3 Å². The van der Waals surface area contributed by atoms with Gasteiger partial charge in [0.15, 0.2) is 0 Å². The largest absolute Gasteiger partial charge is 0.507 e. The Kier molecular flexibility index (Phi) is 9.32. The summed E-state index contributed by atoms with van der Waals surface area (Å²) in [5.41, 5.74) is 5.30. The summed E-state index contributed by atoms with van der Waals surface area (Å²) in [7, 11) is 3.35. The number of phenols is 1. The zero-order valence-corrected chi connectivity index (χ0v) is 25.5. The van der Waals surface area contributed by atoms with Crippen LogP contribution in [0.3, 0.4) is 0 Å². The molecule has 2 aliphatic rings. The minimum absolute atomic E-state index is 0.112. The fourth-order valence-corrected chi connectivity index (χ4v) is 8.40. The molecule has 2 aliphatic heterocycles. The normalized spacial score (nSPS) is 16.9. The van der Waals surface area contributed by atoms with Crippen LogP contribution in [0, 0.1) is 3.82 Å². The minimum Gasteiger partial charge on any atom is -0.507 e. The van der Waals surface area contributed by atoms with Crippen molar-refractivity contribution in [2.24, 2.45) is 0 Å². The Hall–Kier alpha value is -2.63. The Morgan fingerprint density at radius 3 is 1.77 bits per heavy atom. The zero-order valence-electron chi connectivity index (χ0n) is 23.1. The maximum absolute atomic E-state index is 11.8. The van der Waals surface area contributed by atoms with Crippen LogP contribution in [0.5, 0.6) is 5.75 Å². The molecular weight excluding hydrogens is 561 g/mol. The zero-order chi connectivity index (χ0) is 28.2. The Morgan fingerprint density at radius 2 is 1.30 bits per heavy atom. The first-order valence-electron chi connectivity index (χ1n) is 13.7. The third kappa shape index (κ3) is 6.80. The number of hydrogen-bond acceptors (Lipinski definition) is 8. The van der Waals surface area contributed by atoms with E-state index < -0.39 is 0 Å². The lowest BCUT2D eigenvalue weighted by Gasteiger charge is -2.35. The Bertz CT molecular complexity index is 1350. The molecule has 2 aromatic carbocycles. The van der Waals surface area contributed by atoms with Gasteiger partial charge < -0.3 is 14.9 Å². The number of nitrogens with zero attached hydrogens (tertiary/aromatic N) is 4. The van der Waals surface area contributed by atoms with Crippen LogP contribution >= 0.6 is 32.9 Å². The fourth-order valence-electron chi connectivity index (χ4n) is 5.50. The van der Waals surface area contributed by atoms with E-state index in [1.54, 1.807) is 34.5 Å². The molecule has 2 amide bonds. The van der Waals surface area contributed by atoms with Gasteiger partial charge in [0.25, 0.3) is 0 Å². The van der Waals surface area contributed by atoms with Gasteiger partial charge in [0.1, 0.15) is 9.57 Å². The van der Waals surface area contributed by atoms with Crippen LogP contribution in [0.2, 0.25) is 0 Å². The first-order chi connectivity index (χ1) is 19.3. The molecule has 0 unspecified atom stereocenters. The summed E-state index contributed by atoms with van der Waals surface area (Å²) in [6.45, 7) is 10.4. The third-order valence-corrected chi connectivity index (χ3v) is 11.1. The van der Waals surface area contributed by atoms with Crippen LogP contribution < -0.4 is 0 Å². The van der Waals surface area contributed by atoms with Crippen LogP contribution in [0.4, 0.5) is 0 Å². The second-order valence-electron chi connectivity index (χ2n) is 10.6. The number of phenolic OH excluding ortho intramolecular Hbond substituents is 1. The molecule has 0 atom stereocenters. The second-order valence-corrected chi connectivity index (χ2v) is 13.4. The molecule has 0 bridgehead atoms. The number of piperazine rings is 2. The van der Waals surface area contributed by atoms with E-state index in [4.69, 9.17) is 12.2 Å². The van der Waals surface area contributed by atoms with E-state index in [-0.39, 0.29) is 11.8 Å². The molecule has 1 aromatic heterocycles. The Labute approximate surface area is 248 Å². The molecule has 2 saturated heterocycles. The average Bonchev–Trinajstić information content (AvgIpc) is 3.31. The highest BCUT2D eigenvalue weighted by Gasteiger charge is 2.24. The van der Waals surface area contributed by atoms with E-state index in [0.717, 1.165) is 53.1 Å². The van der Waals surface area contributed by atoms with Gasteiger partial charge in [-0.1, -0.05) is 63.2 Å². The van der Waals surface area contributed by atoms with Crippen LogP contribution in [-0.4, -0.2) is 88.9 Å². The number of aromatic hydroxyl groups is 1. The van der Waals surface area contributed by atoms with E-state index in [0.29, 0.717) is 45.0 Å². The van der Waals surface area contributed by atoms with Crippen molar-refractivity contribution < 1.29 is 14.7 Å². The van der Waals surface area contributed by atoms with Crippen LogP contribution in [0.15, 0.2) is 42.5 Å². The van der Waals surface area contributed by atoms with Gasteiger partial charge in [0.05, 0.1) is 4.88 Å². The Morgan fingerprint density at radius 1 is 0.800 bits per heavy atom. The van der Waals surface area contributed by atoms with Crippen molar-refractivity contribution in [2.45, 2.75) is 33.4 Å². The molecule has 0 aliphatic carbocycles. The fraction of sp³-hybridized carbons (Fsp3) is 0.433. The van der Waals surface area contributed by atoms with Gasteiger partial charge >= 0.3 is 0 Å². The lowest BCUT2D eigenvalue weighted by atomic mass is 9.98. The third-order valence-electron chi connectivity index (χ3n) is 7.90. The lowest BCUT2D eigenvalue weighted by molar-refractivity contribution is -0.131. The highest BCUT2D eigenvalue weighted by Crippen LogP contribution is 2.40. The maximum atomic E-state index is 11.8. The van der Waals surface area contributed by atoms with Crippen molar-refractivity contribution in [3.63, 3.8) is 0 Å². The second kappa shape index (κ2) is 12.9. The van der Waals surface area contributed by atoms with Crippen LogP contribution in [-0.2, 0) is 29.1 Å². The van der Waals surface area contributed by atoms with Crippen molar-refractivity contribution in [3.8, 4) is 16.2 Å². The number of carbonyl (C=O) groups excluding carboxylic acids is 2. The molecule has 40 heavy (non-hydrogen) atoms. The van der Waals surface area contributed by atoms with Gasteiger partial charge in [-0.15, -0.1) is 0 Å². The summed E-state index contributed by atoms with van der Waals surface area (Å²) in [5.74, 6) is 0.567. The minimum atomic E-state index is 0.112. The summed E-state index contributed by atoms with van der Waals surface area (Å²) in [4.78, 5) is 33.2. The van der Waals surface area contributed by atoms with Gasteiger partial charge in [-0.3, -0.25) is 19.4 Å². The predicted octanol–water partition coefficient (Wildman–Crippen LogP) is 4.83. The molecule has 1 N–H and O–H groups in total. The molecule has 5 rings (SSSR count). The molecule has 10 heteroatoms. The SMILES string of the molecule is CC(=O)N1CCN(Cc2cc(-c3ssc(=S)c3Cc3ccccc3)cc(CN3CCN(C(C)=O)CC3)c2O)CC1. The van der Waals surface area contributed by atoms with Gasteiger partial charge in [-0.25, -0.2) is 0 Å². The molecule has 2 fully saturated rings. The maximum Gasteiger partial charge on any atom is 0.219 e. The van der Waals surface area contributed by atoms with Crippen molar-refractivity contribution in [1.82, 2.24) is 19.6 Å². The average molecular weight is 597 g/mol. The summed E-state index contributed by atoms with van der Waals surface area (Å²) in [5, 5.41) is 11.5. The van der Waals surface area contributed by atoms with E-state index in [2.05, 4.69) is 46.2 Å². The highest BCUT2D eigenvalue weighted by atomic mass is 32.9. The topological polar surface area (TPSA) is 67.3 Å².